The van der Waals surface area contributed by atoms with Crippen LogP contribution in [-0.2, 0) is 16.0 Å². The van der Waals surface area contributed by atoms with Crippen molar-refractivity contribution in [3.05, 3.63) is 66.4 Å². The maximum Gasteiger partial charge on any atom is 0.326 e. The number of hydrogen-bond acceptors (Lipinski definition) is 6. The van der Waals surface area contributed by atoms with Gasteiger partial charge in [0.05, 0.1) is 5.75 Å². The number of carbonyl (C=O) groups excluding carboxylic acids is 1. The van der Waals surface area contributed by atoms with Crippen LogP contribution >= 0.6 is 11.8 Å². The number of aromatic amines is 1. The molecule has 30 heavy (non-hydrogen) atoms. The van der Waals surface area contributed by atoms with Crippen LogP contribution in [0.1, 0.15) is 5.56 Å². The lowest BCUT2D eigenvalue weighted by Gasteiger charge is -2.13. The number of carboxylic acid groups (broad SMARTS) is 1. The van der Waals surface area contributed by atoms with E-state index in [4.69, 9.17) is 4.42 Å². The van der Waals surface area contributed by atoms with Gasteiger partial charge in [0.2, 0.25) is 11.8 Å². The zero-order valence-corrected chi connectivity index (χ0v) is 16.6. The molecule has 2 heterocycles. The van der Waals surface area contributed by atoms with E-state index in [1.165, 1.54) is 0 Å². The maximum atomic E-state index is 12.3. The summed E-state index contributed by atoms with van der Waals surface area (Å²) in [5.74, 6) is -1.19. The van der Waals surface area contributed by atoms with Gasteiger partial charge in [0.15, 0.2) is 0 Å². The van der Waals surface area contributed by atoms with Crippen LogP contribution < -0.4 is 5.32 Å². The number of aromatic nitrogens is 3. The fourth-order valence-electron chi connectivity index (χ4n) is 3.05. The quantitative estimate of drug-likeness (QED) is 0.373. The molecular weight excluding hydrogens is 404 g/mol. The average Bonchev–Trinajstić information content (AvgIpc) is 3.40. The summed E-state index contributed by atoms with van der Waals surface area (Å²) in [6, 6.07) is 15.9. The second-order valence-corrected chi connectivity index (χ2v) is 7.48. The molecule has 2 aromatic carbocycles. The molecule has 0 unspecified atom stereocenters. The smallest absolute Gasteiger partial charge is 0.326 e. The van der Waals surface area contributed by atoms with E-state index in [2.05, 4.69) is 20.5 Å². The average molecular weight is 422 g/mol. The molecule has 0 aliphatic heterocycles. The Labute approximate surface area is 175 Å². The van der Waals surface area contributed by atoms with Gasteiger partial charge in [0.1, 0.15) is 6.04 Å². The Morgan fingerprint density at radius 2 is 1.87 bits per heavy atom. The van der Waals surface area contributed by atoms with Crippen molar-refractivity contribution >= 4 is 34.5 Å². The maximum absolute atomic E-state index is 12.3. The fourth-order valence-corrected chi connectivity index (χ4v) is 3.62. The minimum Gasteiger partial charge on any atom is -0.480 e. The van der Waals surface area contributed by atoms with Crippen molar-refractivity contribution in [2.45, 2.75) is 17.7 Å². The molecule has 4 aromatic rings. The molecule has 8 nitrogen and oxygen atoms in total. The molecule has 0 aliphatic rings. The van der Waals surface area contributed by atoms with E-state index >= 15 is 0 Å². The molecule has 9 heteroatoms. The molecule has 3 N–H and O–H groups in total. The number of H-pyrrole nitrogens is 1. The predicted octanol–water partition coefficient (Wildman–Crippen LogP) is 3.12. The van der Waals surface area contributed by atoms with Crippen LogP contribution in [0, 0.1) is 0 Å². The minimum atomic E-state index is -1.09. The number of benzene rings is 2. The van der Waals surface area contributed by atoms with E-state index in [1.807, 2.05) is 54.6 Å². The summed E-state index contributed by atoms with van der Waals surface area (Å²) in [6.07, 6.45) is 1.94. The van der Waals surface area contributed by atoms with E-state index in [9.17, 15) is 14.7 Å². The highest BCUT2D eigenvalue weighted by molar-refractivity contribution is 7.99. The largest absolute Gasteiger partial charge is 0.480 e. The second-order valence-electron chi connectivity index (χ2n) is 6.55. The molecule has 1 amide bonds. The molecule has 0 saturated heterocycles. The number of amides is 1. The zero-order valence-electron chi connectivity index (χ0n) is 15.7. The topological polar surface area (TPSA) is 121 Å². The van der Waals surface area contributed by atoms with Crippen molar-refractivity contribution in [3.8, 4) is 11.5 Å². The summed E-state index contributed by atoms with van der Waals surface area (Å²) < 4.78 is 5.55. The Morgan fingerprint density at radius 3 is 2.67 bits per heavy atom. The summed E-state index contributed by atoms with van der Waals surface area (Å²) in [7, 11) is 0. The van der Waals surface area contributed by atoms with Crippen molar-refractivity contribution in [1.82, 2.24) is 20.5 Å². The number of para-hydroxylation sites is 1. The lowest BCUT2D eigenvalue weighted by Crippen LogP contribution is -2.43. The van der Waals surface area contributed by atoms with Crippen molar-refractivity contribution in [2.75, 3.05) is 5.75 Å². The van der Waals surface area contributed by atoms with Gasteiger partial charge < -0.3 is 19.8 Å². The third-order valence-electron chi connectivity index (χ3n) is 4.49. The molecule has 0 bridgehead atoms. The third kappa shape index (κ3) is 4.52. The Kier molecular flexibility index (Phi) is 5.80. The van der Waals surface area contributed by atoms with E-state index in [0.29, 0.717) is 5.89 Å². The summed E-state index contributed by atoms with van der Waals surface area (Å²) in [4.78, 5) is 27.1. The van der Waals surface area contributed by atoms with Crippen molar-refractivity contribution < 1.29 is 19.1 Å². The number of hydrogen-bond donors (Lipinski definition) is 3. The van der Waals surface area contributed by atoms with Crippen molar-refractivity contribution in [3.63, 3.8) is 0 Å². The van der Waals surface area contributed by atoms with Crippen LogP contribution in [0.2, 0.25) is 0 Å². The van der Waals surface area contributed by atoms with Gasteiger partial charge in [0.25, 0.3) is 5.22 Å². The third-order valence-corrected chi connectivity index (χ3v) is 5.30. The standard InChI is InChI=1S/C21H18N4O4S/c26-18(12-30-21-25-24-19(29-21)13-6-2-1-3-7-13)23-17(20(27)28)10-14-11-22-16-9-5-4-8-15(14)16/h1-9,11,17,22H,10,12H2,(H,23,26)(H,27,28)/t17-/m1/s1. The van der Waals surface area contributed by atoms with Crippen molar-refractivity contribution in [2.24, 2.45) is 0 Å². The highest BCUT2D eigenvalue weighted by Gasteiger charge is 2.22. The SMILES string of the molecule is O=C(CSc1nnc(-c2ccccc2)o1)N[C@H](Cc1c[nH]c2ccccc12)C(=O)O. The lowest BCUT2D eigenvalue weighted by atomic mass is 10.1. The monoisotopic (exact) mass is 422 g/mol. The van der Waals surface area contributed by atoms with Crippen LogP contribution in [0.25, 0.3) is 22.4 Å². The lowest BCUT2D eigenvalue weighted by molar-refractivity contribution is -0.141. The Hall–Kier alpha value is -3.59. The Balaban J connectivity index is 1.36. The highest BCUT2D eigenvalue weighted by Crippen LogP contribution is 2.23. The van der Waals surface area contributed by atoms with Gasteiger partial charge in [-0.2, -0.15) is 0 Å². The van der Waals surface area contributed by atoms with Gasteiger partial charge in [-0.25, -0.2) is 4.79 Å². The number of nitrogens with one attached hydrogen (secondary N) is 2. The number of carboxylic acids is 1. The van der Waals surface area contributed by atoms with Gasteiger partial charge in [-0.05, 0) is 23.8 Å². The van der Waals surface area contributed by atoms with Crippen LogP contribution in [-0.4, -0.2) is 44.0 Å². The van der Waals surface area contributed by atoms with Crippen molar-refractivity contribution in [1.29, 1.82) is 0 Å². The molecular formula is C21H18N4O4S. The predicted molar refractivity (Wildman–Crippen MR) is 112 cm³/mol. The van der Waals surface area contributed by atoms with E-state index in [1.54, 1.807) is 6.20 Å². The number of carbonyl (C=O) groups is 2. The van der Waals surface area contributed by atoms with Crippen LogP contribution in [0.5, 0.6) is 0 Å². The van der Waals surface area contributed by atoms with Gasteiger partial charge in [-0.1, -0.05) is 48.2 Å². The number of rotatable bonds is 8. The fraction of sp³-hybridized carbons (Fsp3) is 0.143. The molecule has 1 atom stereocenters. The first-order valence-electron chi connectivity index (χ1n) is 9.19. The number of aliphatic carboxylic acids is 1. The molecule has 0 fully saturated rings. The number of thioether (sulfide) groups is 1. The summed E-state index contributed by atoms with van der Waals surface area (Å²) in [5, 5.41) is 21.2. The van der Waals surface area contributed by atoms with Crippen LogP contribution in [0.3, 0.4) is 0 Å². The van der Waals surface area contributed by atoms with Crippen LogP contribution in [0.4, 0.5) is 0 Å². The van der Waals surface area contributed by atoms with Gasteiger partial charge in [-0.15, -0.1) is 10.2 Å². The zero-order chi connectivity index (χ0) is 20.9. The number of fused-ring (bicyclic) bond motifs is 1. The number of nitrogens with zero attached hydrogens (tertiary/aromatic N) is 2. The molecule has 0 aliphatic carbocycles. The first-order valence-corrected chi connectivity index (χ1v) is 10.2. The van der Waals surface area contributed by atoms with Gasteiger partial charge >= 0.3 is 5.97 Å². The molecule has 4 rings (SSSR count). The van der Waals surface area contributed by atoms with Gasteiger partial charge in [-0.3, -0.25) is 4.79 Å². The summed E-state index contributed by atoms with van der Waals surface area (Å²) in [5.41, 5.74) is 2.53. The second kappa shape index (κ2) is 8.83. The molecule has 0 saturated carbocycles. The van der Waals surface area contributed by atoms with Crippen LogP contribution in [0.15, 0.2) is 70.4 Å². The normalized spacial score (nSPS) is 12.0. The van der Waals surface area contributed by atoms with E-state index in [-0.39, 0.29) is 17.4 Å². The molecule has 2 aromatic heterocycles. The Bertz CT molecular complexity index is 1170. The van der Waals surface area contributed by atoms with Gasteiger partial charge in [0, 0.05) is 29.1 Å². The molecule has 0 radical (unpaired) electrons. The Morgan fingerprint density at radius 1 is 1.10 bits per heavy atom. The molecule has 0 spiro atoms. The van der Waals surface area contributed by atoms with E-state index in [0.717, 1.165) is 33.8 Å². The molecule has 152 valence electrons. The highest BCUT2D eigenvalue weighted by atomic mass is 32.2. The van der Waals surface area contributed by atoms with E-state index < -0.39 is 17.9 Å². The first kappa shape index (κ1) is 19.7. The summed E-state index contributed by atoms with van der Waals surface area (Å²) >= 11 is 1.06. The first-order chi connectivity index (χ1) is 14.6. The minimum absolute atomic E-state index is 0.0336. The summed E-state index contributed by atoms with van der Waals surface area (Å²) in [6.45, 7) is 0.